The highest BCUT2D eigenvalue weighted by molar-refractivity contribution is 5.69. The molecule has 100 valence electrons. The Morgan fingerprint density at radius 1 is 1.37 bits per heavy atom. The molecule has 4 rings (SSSR count). The van der Waals surface area contributed by atoms with Gasteiger partial charge in [0.25, 0.3) is 0 Å². The molecule has 19 heavy (non-hydrogen) atoms. The van der Waals surface area contributed by atoms with Gasteiger partial charge in [0.1, 0.15) is 5.52 Å². The van der Waals surface area contributed by atoms with Crippen LogP contribution in [0.2, 0.25) is 0 Å². The Hall–Kier alpha value is -1.62. The second-order valence-electron chi connectivity index (χ2n) is 5.73. The van der Waals surface area contributed by atoms with E-state index in [1.165, 1.54) is 19.4 Å². The number of fused-ring (bicyclic) bond motifs is 2. The number of nitrogens with zero attached hydrogens (tertiary/aromatic N) is 4. The summed E-state index contributed by atoms with van der Waals surface area (Å²) in [5.74, 6) is 1.86. The number of aromatic nitrogens is 3. The topological polar surface area (TPSA) is 45.5 Å². The highest BCUT2D eigenvalue weighted by Crippen LogP contribution is 2.30. The van der Waals surface area contributed by atoms with Crippen LogP contribution in [0.4, 0.5) is 5.82 Å². The molecule has 0 saturated carbocycles. The normalized spacial score (nSPS) is 26.9. The molecule has 2 aromatic rings. The number of hydrogen-bond acceptors (Lipinski definition) is 4. The second kappa shape index (κ2) is 4.20. The Morgan fingerprint density at radius 2 is 2.32 bits per heavy atom. The molecule has 0 amide bonds. The Bertz CT molecular complexity index is 591. The van der Waals surface area contributed by atoms with Crippen LogP contribution in [-0.4, -0.2) is 40.3 Å². The van der Waals surface area contributed by atoms with Gasteiger partial charge in [-0.1, -0.05) is 0 Å². The van der Waals surface area contributed by atoms with Gasteiger partial charge >= 0.3 is 0 Å². The van der Waals surface area contributed by atoms with E-state index in [9.17, 15) is 0 Å². The van der Waals surface area contributed by atoms with Gasteiger partial charge in [-0.05, 0) is 38.3 Å². The molecule has 1 N–H and O–H groups in total. The lowest BCUT2D eigenvalue weighted by Gasteiger charge is -2.24. The van der Waals surface area contributed by atoms with Gasteiger partial charge in [0.2, 0.25) is 0 Å². The molecule has 2 atom stereocenters. The summed E-state index contributed by atoms with van der Waals surface area (Å²) in [6, 6.07) is 2.76. The van der Waals surface area contributed by atoms with E-state index in [1.54, 1.807) is 0 Å². The third-order valence-corrected chi connectivity index (χ3v) is 4.39. The van der Waals surface area contributed by atoms with Gasteiger partial charge < -0.3 is 10.2 Å². The average molecular weight is 257 g/mol. The highest BCUT2D eigenvalue weighted by atomic mass is 15.3. The Labute approximate surface area is 112 Å². The molecule has 4 heterocycles. The molecule has 5 nitrogen and oxygen atoms in total. The van der Waals surface area contributed by atoms with Gasteiger partial charge in [0.05, 0.1) is 5.69 Å². The fourth-order valence-corrected chi connectivity index (χ4v) is 3.49. The third-order valence-electron chi connectivity index (χ3n) is 4.39. The summed E-state index contributed by atoms with van der Waals surface area (Å²) in [5.41, 5.74) is 2.17. The van der Waals surface area contributed by atoms with Crippen LogP contribution < -0.4 is 10.2 Å². The number of aryl methyl sites for hydroxylation is 1. The van der Waals surface area contributed by atoms with E-state index in [0.717, 1.165) is 36.0 Å². The fraction of sp³-hybridized carbons (Fsp3) is 0.571. The summed E-state index contributed by atoms with van der Waals surface area (Å²) >= 11 is 0. The highest BCUT2D eigenvalue weighted by Gasteiger charge is 2.35. The van der Waals surface area contributed by atoms with E-state index in [2.05, 4.69) is 26.4 Å². The van der Waals surface area contributed by atoms with E-state index >= 15 is 0 Å². The van der Waals surface area contributed by atoms with Crippen molar-refractivity contribution < 1.29 is 0 Å². The lowest BCUT2D eigenvalue weighted by atomic mass is 9.94. The van der Waals surface area contributed by atoms with Crippen molar-refractivity contribution in [2.24, 2.45) is 5.92 Å². The Morgan fingerprint density at radius 3 is 3.21 bits per heavy atom. The molecule has 2 unspecified atom stereocenters. The Kier molecular flexibility index (Phi) is 2.48. The number of hydrogen-bond donors (Lipinski definition) is 1. The first-order valence-corrected chi connectivity index (χ1v) is 7.10. The largest absolute Gasteiger partial charge is 0.353 e. The van der Waals surface area contributed by atoms with Gasteiger partial charge in [-0.2, -0.15) is 5.10 Å². The monoisotopic (exact) mass is 257 g/mol. The number of rotatable bonds is 1. The molecular weight excluding hydrogens is 238 g/mol. The smallest absolute Gasteiger partial charge is 0.154 e. The zero-order valence-electron chi connectivity index (χ0n) is 11.2. The van der Waals surface area contributed by atoms with Crippen LogP contribution >= 0.6 is 0 Å². The lowest BCUT2D eigenvalue weighted by Crippen LogP contribution is -2.40. The zero-order chi connectivity index (χ0) is 12.8. The van der Waals surface area contributed by atoms with Crippen LogP contribution in [0.3, 0.4) is 0 Å². The van der Waals surface area contributed by atoms with Gasteiger partial charge in [0.15, 0.2) is 5.82 Å². The van der Waals surface area contributed by atoms with Crippen molar-refractivity contribution in [1.29, 1.82) is 0 Å². The van der Waals surface area contributed by atoms with Crippen LogP contribution in [0.5, 0.6) is 0 Å². The minimum Gasteiger partial charge on any atom is -0.353 e. The molecule has 2 fully saturated rings. The molecule has 0 spiro atoms. The van der Waals surface area contributed by atoms with Crippen molar-refractivity contribution in [3.05, 3.63) is 24.2 Å². The minimum atomic E-state index is 0.639. The van der Waals surface area contributed by atoms with E-state index in [4.69, 9.17) is 0 Å². The summed E-state index contributed by atoms with van der Waals surface area (Å²) in [4.78, 5) is 7.02. The quantitative estimate of drug-likeness (QED) is 0.834. The van der Waals surface area contributed by atoms with Crippen LogP contribution in [-0.2, 0) is 0 Å². The molecule has 5 heteroatoms. The van der Waals surface area contributed by atoms with E-state index in [-0.39, 0.29) is 0 Å². The van der Waals surface area contributed by atoms with Crippen molar-refractivity contribution in [1.82, 2.24) is 19.9 Å². The van der Waals surface area contributed by atoms with Crippen LogP contribution in [0.1, 0.15) is 18.5 Å². The van der Waals surface area contributed by atoms with Crippen molar-refractivity contribution in [2.75, 3.05) is 24.5 Å². The molecule has 0 aromatic carbocycles. The molecule has 2 aliphatic heterocycles. The minimum absolute atomic E-state index is 0.639. The molecule has 0 radical (unpaired) electrons. The van der Waals surface area contributed by atoms with Crippen molar-refractivity contribution in [3.8, 4) is 0 Å². The predicted octanol–water partition coefficient (Wildman–Crippen LogP) is 1.23. The van der Waals surface area contributed by atoms with E-state index in [0.29, 0.717) is 6.04 Å². The van der Waals surface area contributed by atoms with Gasteiger partial charge in [-0.3, -0.25) is 0 Å². The average Bonchev–Trinajstić information content (AvgIpc) is 2.99. The zero-order valence-corrected chi connectivity index (χ0v) is 11.2. The van der Waals surface area contributed by atoms with Crippen molar-refractivity contribution in [3.63, 3.8) is 0 Å². The molecule has 2 saturated heterocycles. The lowest BCUT2D eigenvalue weighted by molar-refractivity contribution is 0.340. The molecule has 2 aromatic heterocycles. The first-order valence-electron chi connectivity index (χ1n) is 7.10. The van der Waals surface area contributed by atoms with Crippen molar-refractivity contribution in [2.45, 2.75) is 25.8 Å². The maximum Gasteiger partial charge on any atom is 0.154 e. The van der Waals surface area contributed by atoms with Crippen molar-refractivity contribution >= 4 is 11.3 Å². The van der Waals surface area contributed by atoms with Gasteiger partial charge in [0, 0.05) is 31.5 Å². The summed E-state index contributed by atoms with van der Waals surface area (Å²) in [7, 11) is 0. The SMILES string of the molecule is Cc1cc2c(N3CC4CCCNC4C3)nccn2n1. The molecule has 0 bridgehead atoms. The number of piperidine rings is 1. The summed E-state index contributed by atoms with van der Waals surface area (Å²) < 4.78 is 1.94. The maximum absolute atomic E-state index is 4.60. The molecule has 2 aliphatic rings. The van der Waals surface area contributed by atoms with Gasteiger partial charge in [-0.15, -0.1) is 0 Å². The first-order chi connectivity index (χ1) is 9.31. The third kappa shape index (κ3) is 1.80. The van der Waals surface area contributed by atoms with Crippen LogP contribution in [0.25, 0.3) is 5.52 Å². The predicted molar refractivity (Wildman–Crippen MR) is 74.5 cm³/mol. The Balaban J connectivity index is 1.71. The summed E-state index contributed by atoms with van der Waals surface area (Å²) in [6.45, 7) is 5.39. The molecule has 0 aliphatic carbocycles. The van der Waals surface area contributed by atoms with Crippen LogP contribution in [0, 0.1) is 12.8 Å². The molecular formula is C14H19N5. The number of nitrogens with one attached hydrogen (secondary N) is 1. The second-order valence-corrected chi connectivity index (χ2v) is 5.73. The summed E-state index contributed by atoms with van der Waals surface area (Å²) in [5, 5.41) is 8.11. The van der Waals surface area contributed by atoms with Gasteiger partial charge in [-0.25, -0.2) is 9.50 Å². The first kappa shape index (κ1) is 11.2. The number of anilines is 1. The van der Waals surface area contributed by atoms with E-state index in [1.807, 2.05) is 23.8 Å². The fourth-order valence-electron chi connectivity index (χ4n) is 3.49. The maximum atomic E-state index is 4.60. The summed E-state index contributed by atoms with van der Waals surface area (Å²) in [6.07, 6.45) is 6.42. The van der Waals surface area contributed by atoms with Crippen LogP contribution in [0.15, 0.2) is 18.5 Å². The van der Waals surface area contributed by atoms with E-state index < -0.39 is 0 Å². The standard InChI is InChI=1S/C14H19N5/c1-10-7-13-14(16-5-6-19(13)17-10)18-8-11-3-2-4-15-12(11)9-18/h5-7,11-12,15H,2-4,8-9H2,1H3.